The lowest BCUT2D eigenvalue weighted by Crippen LogP contribution is -2.29. The van der Waals surface area contributed by atoms with E-state index in [2.05, 4.69) is 106 Å². The highest BCUT2D eigenvalue weighted by Gasteiger charge is 2.37. The fourth-order valence-electron chi connectivity index (χ4n) is 4.42. The first-order valence-electron chi connectivity index (χ1n) is 9.77. The Balaban J connectivity index is 1.41. The standard InChI is InChI=1S/C25H22BrNS/c26-19-12-10-18(11-13-19)25-22-8-4-7-21(22)23-15-17(9-14-24(23)27-25)16-28-20-5-2-1-3-6-20/h1-7,9-15,21-22,25,27H,8,16H2/t21-,22-,25-/m0/s1. The number of anilines is 1. The van der Waals surface area contributed by atoms with Crippen molar-refractivity contribution in [1.29, 1.82) is 0 Å². The van der Waals surface area contributed by atoms with Gasteiger partial charge < -0.3 is 5.32 Å². The highest BCUT2D eigenvalue weighted by atomic mass is 79.9. The number of halogens is 1. The number of fused-ring (bicyclic) bond motifs is 3. The highest BCUT2D eigenvalue weighted by molar-refractivity contribution is 9.10. The number of allylic oxidation sites excluding steroid dienone is 2. The van der Waals surface area contributed by atoms with E-state index < -0.39 is 0 Å². The zero-order valence-corrected chi connectivity index (χ0v) is 17.9. The molecule has 0 spiro atoms. The smallest absolute Gasteiger partial charge is 0.0553 e. The highest BCUT2D eigenvalue weighted by Crippen LogP contribution is 2.50. The summed E-state index contributed by atoms with van der Waals surface area (Å²) in [6.07, 6.45) is 5.93. The monoisotopic (exact) mass is 447 g/mol. The average molecular weight is 448 g/mol. The van der Waals surface area contributed by atoms with Gasteiger partial charge in [0.05, 0.1) is 6.04 Å². The van der Waals surface area contributed by atoms with Crippen molar-refractivity contribution in [1.82, 2.24) is 0 Å². The van der Waals surface area contributed by atoms with Crippen LogP contribution in [-0.2, 0) is 5.75 Å². The maximum atomic E-state index is 3.84. The molecule has 1 aliphatic carbocycles. The van der Waals surface area contributed by atoms with Gasteiger partial charge in [-0.3, -0.25) is 0 Å². The molecule has 0 radical (unpaired) electrons. The topological polar surface area (TPSA) is 12.0 Å². The third kappa shape index (κ3) is 3.54. The molecule has 0 aromatic heterocycles. The summed E-state index contributed by atoms with van der Waals surface area (Å²) in [6, 6.07) is 26.8. The lowest BCUT2D eigenvalue weighted by molar-refractivity contribution is 0.425. The summed E-state index contributed by atoms with van der Waals surface area (Å²) in [5, 5.41) is 3.84. The Labute approximate surface area is 179 Å². The van der Waals surface area contributed by atoms with Crippen molar-refractivity contribution in [2.45, 2.75) is 29.0 Å². The molecule has 0 saturated heterocycles. The Bertz CT molecular complexity index is 997. The van der Waals surface area contributed by atoms with Crippen molar-refractivity contribution in [3.8, 4) is 0 Å². The molecule has 2 aliphatic rings. The van der Waals surface area contributed by atoms with Crippen LogP contribution >= 0.6 is 27.7 Å². The maximum Gasteiger partial charge on any atom is 0.0553 e. The van der Waals surface area contributed by atoms with E-state index in [-0.39, 0.29) is 0 Å². The normalized spacial score (nSPS) is 22.4. The summed E-state index contributed by atoms with van der Waals surface area (Å²) in [4.78, 5) is 1.33. The largest absolute Gasteiger partial charge is 0.378 e. The molecule has 140 valence electrons. The van der Waals surface area contributed by atoms with Crippen molar-refractivity contribution < 1.29 is 0 Å². The summed E-state index contributed by atoms with van der Waals surface area (Å²) in [5.41, 5.74) is 5.51. The van der Waals surface area contributed by atoms with Crippen LogP contribution in [0, 0.1) is 5.92 Å². The van der Waals surface area contributed by atoms with E-state index in [1.165, 1.54) is 27.3 Å². The van der Waals surface area contributed by atoms with E-state index in [9.17, 15) is 0 Å². The van der Waals surface area contributed by atoms with Gasteiger partial charge in [0.2, 0.25) is 0 Å². The van der Waals surface area contributed by atoms with Gasteiger partial charge in [-0.15, -0.1) is 11.8 Å². The Morgan fingerprint density at radius 1 is 0.964 bits per heavy atom. The molecule has 1 heterocycles. The van der Waals surface area contributed by atoms with Gasteiger partial charge in [-0.05, 0) is 59.4 Å². The fraction of sp³-hybridized carbons (Fsp3) is 0.200. The molecular formula is C25H22BrNS. The predicted octanol–water partition coefficient (Wildman–Crippen LogP) is 7.57. The Hall–Kier alpha value is -1.97. The molecule has 0 bridgehead atoms. The van der Waals surface area contributed by atoms with Gasteiger partial charge in [0, 0.05) is 26.7 Å². The van der Waals surface area contributed by atoms with Crippen LogP contribution < -0.4 is 5.32 Å². The molecule has 3 atom stereocenters. The van der Waals surface area contributed by atoms with Gasteiger partial charge in [0.15, 0.2) is 0 Å². The van der Waals surface area contributed by atoms with Crippen LogP contribution in [0.4, 0.5) is 5.69 Å². The number of benzene rings is 3. The Morgan fingerprint density at radius 2 is 1.79 bits per heavy atom. The maximum absolute atomic E-state index is 3.84. The first-order valence-corrected chi connectivity index (χ1v) is 11.5. The summed E-state index contributed by atoms with van der Waals surface area (Å²) >= 11 is 5.46. The van der Waals surface area contributed by atoms with E-state index in [4.69, 9.17) is 0 Å². The molecule has 0 saturated carbocycles. The zero-order chi connectivity index (χ0) is 18.9. The van der Waals surface area contributed by atoms with E-state index in [1.807, 2.05) is 11.8 Å². The van der Waals surface area contributed by atoms with Crippen LogP contribution in [0.1, 0.15) is 35.1 Å². The lowest BCUT2D eigenvalue weighted by Gasteiger charge is -2.37. The SMILES string of the molecule is Brc1ccc([C@@H]2Nc3ccc(CSc4ccccc4)cc3[C@H]3C=CC[C@@H]32)cc1. The lowest BCUT2D eigenvalue weighted by atomic mass is 9.77. The van der Waals surface area contributed by atoms with Crippen molar-refractivity contribution in [3.05, 3.63) is 106 Å². The van der Waals surface area contributed by atoms with Crippen LogP contribution in [0.2, 0.25) is 0 Å². The molecule has 28 heavy (non-hydrogen) atoms. The van der Waals surface area contributed by atoms with E-state index in [0.717, 1.165) is 16.6 Å². The molecule has 3 aromatic rings. The number of hydrogen-bond acceptors (Lipinski definition) is 2. The molecule has 0 unspecified atom stereocenters. The molecule has 0 fully saturated rings. The van der Waals surface area contributed by atoms with E-state index in [0.29, 0.717) is 17.9 Å². The molecule has 1 aliphatic heterocycles. The van der Waals surface area contributed by atoms with Gasteiger partial charge in [0.25, 0.3) is 0 Å². The summed E-state index contributed by atoms with van der Waals surface area (Å²) < 4.78 is 1.13. The van der Waals surface area contributed by atoms with Crippen LogP contribution in [-0.4, -0.2) is 0 Å². The van der Waals surface area contributed by atoms with Crippen LogP contribution in [0.15, 0.2) is 94.3 Å². The first-order chi connectivity index (χ1) is 13.8. The number of thioether (sulfide) groups is 1. The minimum Gasteiger partial charge on any atom is -0.378 e. The summed E-state index contributed by atoms with van der Waals surface area (Å²) in [6.45, 7) is 0. The van der Waals surface area contributed by atoms with Crippen LogP contribution in [0.25, 0.3) is 0 Å². The van der Waals surface area contributed by atoms with Gasteiger partial charge >= 0.3 is 0 Å². The molecule has 5 rings (SSSR count). The van der Waals surface area contributed by atoms with Gasteiger partial charge in [-0.1, -0.05) is 70.5 Å². The van der Waals surface area contributed by atoms with Crippen molar-refractivity contribution >= 4 is 33.4 Å². The van der Waals surface area contributed by atoms with Crippen molar-refractivity contribution in [2.75, 3.05) is 5.32 Å². The van der Waals surface area contributed by atoms with Crippen molar-refractivity contribution in [3.63, 3.8) is 0 Å². The second-order valence-corrected chi connectivity index (χ2v) is 9.51. The van der Waals surface area contributed by atoms with Crippen LogP contribution in [0.3, 0.4) is 0 Å². The molecule has 3 aromatic carbocycles. The number of nitrogens with one attached hydrogen (secondary N) is 1. The molecule has 3 heteroatoms. The summed E-state index contributed by atoms with van der Waals surface area (Å²) in [7, 11) is 0. The minimum atomic E-state index is 0.366. The second-order valence-electron chi connectivity index (χ2n) is 7.55. The predicted molar refractivity (Wildman–Crippen MR) is 123 cm³/mol. The summed E-state index contributed by atoms with van der Waals surface area (Å²) in [5.74, 6) is 2.10. The Kier molecular flexibility index (Phi) is 5.04. The van der Waals surface area contributed by atoms with Crippen molar-refractivity contribution in [2.24, 2.45) is 5.92 Å². The van der Waals surface area contributed by atoms with Gasteiger partial charge in [-0.2, -0.15) is 0 Å². The minimum absolute atomic E-state index is 0.366. The van der Waals surface area contributed by atoms with Gasteiger partial charge in [-0.25, -0.2) is 0 Å². The third-order valence-electron chi connectivity index (χ3n) is 5.81. The molecule has 1 N–H and O–H groups in total. The van der Waals surface area contributed by atoms with E-state index >= 15 is 0 Å². The molecule has 0 amide bonds. The number of rotatable bonds is 4. The fourth-order valence-corrected chi connectivity index (χ4v) is 5.54. The molecule has 1 nitrogen and oxygen atoms in total. The average Bonchev–Trinajstić information content (AvgIpc) is 3.23. The molecular weight excluding hydrogens is 426 g/mol. The quantitative estimate of drug-likeness (QED) is 0.326. The van der Waals surface area contributed by atoms with Gasteiger partial charge in [0.1, 0.15) is 0 Å². The second kappa shape index (κ2) is 7.81. The van der Waals surface area contributed by atoms with Crippen LogP contribution in [0.5, 0.6) is 0 Å². The zero-order valence-electron chi connectivity index (χ0n) is 15.5. The first kappa shape index (κ1) is 18.1. The Morgan fingerprint density at radius 3 is 2.61 bits per heavy atom. The van der Waals surface area contributed by atoms with E-state index in [1.54, 1.807) is 0 Å². The number of hydrogen-bond donors (Lipinski definition) is 1. The third-order valence-corrected chi connectivity index (χ3v) is 7.42.